The Hall–Kier alpha value is -2.37. The molecule has 0 aliphatic carbocycles. The molecule has 3 nitrogen and oxygen atoms in total. The second-order valence-electron chi connectivity index (χ2n) is 4.13. The molecule has 1 heterocycles. The normalized spacial score (nSPS) is 10.3. The quantitative estimate of drug-likeness (QED) is 0.874. The van der Waals surface area contributed by atoms with Gasteiger partial charge < -0.3 is 5.32 Å². The largest absolute Gasteiger partial charge is 0.352 e. The average molecular weight is 280 g/mol. The summed E-state index contributed by atoms with van der Waals surface area (Å²) < 4.78 is 39.1. The second kappa shape index (κ2) is 6.18. The van der Waals surface area contributed by atoms with Gasteiger partial charge in [-0.25, -0.2) is 13.8 Å². The van der Waals surface area contributed by atoms with Crippen LogP contribution in [-0.4, -0.2) is 17.4 Å². The lowest BCUT2D eigenvalue weighted by molar-refractivity contribution is 0.0949. The van der Waals surface area contributed by atoms with Crippen LogP contribution >= 0.6 is 0 Å². The van der Waals surface area contributed by atoms with Gasteiger partial charge in [0.05, 0.1) is 5.56 Å². The van der Waals surface area contributed by atoms with E-state index >= 15 is 0 Å². The third-order valence-corrected chi connectivity index (χ3v) is 2.63. The number of halogens is 3. The van der Waals surface area contributed by atoms with E-state index in [1.807, 2.05) is 0 Å². The van der Waals surface area contributed by atoms with Gasteiger partial charge in [-0.05, 0) is 36.2 Å². The van der Waals surface area contributed by atoms with Gasteiger partial charge in [0, 0.05) is 18.8 Å². The standard InChI is InChI=1S/C14H11F3N2O/c15-10-6-9(7-11(16)8-10)3-5-19-14(20)12-2-1-4-18-13(12)17/h1-2,4,6-8H,3,5H2,(H,19,20). The number of hydrogen-bond acceptors (Lipinski definition) is 2. The number of pyridine rings is 1. The fourth-order valence-corrected chi connectivity index (χ4v) is 1.73. The molecule has 0 bridgehead atoms. The summed E-state index contributed by atoms with van der Waals surface area (Å²) in [7, 11) is 0. The fourth-order valence-electron chi connectivity index (χ4n) is 1.73. The summed E-state index contributed by atoms with van der Waals surface area (Å²) in [5.74, 6) is -2.83. The summed E-state index contributed by atoms with van der Waals surface area (Å²) in [6, 6.07) is 5.88. The number of carbonyl (C=O) groups is 1. The van der Waals surface area contributed by atoms with Crippen LogP contribution in [0.1, 0.15) is 15.9 Å². The lowest BCUT2D eigenvalue weighted by Crippen LogP contribution is -2.26. The van der Waals surface area contributed by atoms with Gasteiger partial charge in [0.1, 0.15) is 11.6 Å². The van der Waals surface area contributed by atoms with Gasteiger partial charge >= 0.3 is 0 Å². The molecule has 2 rings (SSSR count). The van der Waals surface area contributed by atoms with Crippen molar-refractivity contribution < 1.29 is 18.0 Å². The molecule has 1 N–H and O–H groups in total. The second-order valence-corrected chi connectivity index (χ2v) is 4.13. The highest BCUT2D eigenvalue weighted by Crippen LogP contribution is 2.08. The summed E-state index contributed by atoms with van der Waals surface area (Å²) >= 11 is 0. The first-order chi connectivity index (χ1) is 9.56. The van der Waals surface area contributed by atoms with E-state index in [4.69, 9.17) is 0 Å². The highest BCUT2D eigenvalue weighted by Gasteiger charge is 2.11. The molecule has 0 radical (unpaired) electrons. The summed E-state index contributed by atoms with van der Waals surface area (Å²) in [5, 5.41) is 2.46. The summed E-state index contributed by atoms with van der Waals surface area (Å²) in [5.41, 5.74) is 0.243. The Kier molecular flexibility index (Phi) is 4.34. The number of aromatic nitrogens is 1. The first-order valence-corrected chi connectivity index (χ1v) is 5.90. The van der Waals surface area contributed by atoms with Crippen LogP contribution in [0, 0.1) is 17.6 Å². The van der Waals surface area contributed by atoms with Gasteiger partial charge in [-0.1, -0.05) is 0 Å². The molecule has 0 fully saturated rings. The molecular formula is C14H11F3N2O. The highest BCUT2D eigenvalue weighted by atomic mass is 19.1. The molecule has 2 aromatic rings. The number of rotatable bonds is 4. The average Bonchev–Trinajstić information content (AvgIpc) is 2.38. The van der Waals surface area contributed by atoms with Crippen molar-refractivity contribution >= 4 is 5.91 Å². The molecule has 1 aromatic carbocycles. The minimum Gasteiger partial charge on any atom is -0.352 e. The molecule has 0 aliphatic rings. The highest BCUT2D eigenvalue weighted by molar-refractivity contribution is 5.94. The van der Waals surface area contributed by atoms with Crippen molar-refractivity contribution in [3.05, 3.63) is 65.2 Å². The predicted molar refractivity (Wildman–Crippen MR) is 66.6 cm³/mol. The summed E-state index contributed by atoms with van der Waals surface area (Å²) in [4.78, 5) is 15.0. The number of nitrogens with zero attached hydrogens (tertiary/aromatic N) is 1. The van der Waals surface area contributed by atoms with Crippen molar-refractivity contribution in [2.24, 2.45) is 0 Å². The molecular weight excluding hydrogens is 269 g/mol. The topological polar surface area (TPSA) is 42.0 Å². The molecule has 20 heavy (non-hydrogen) atoms. The maximum Gasteiger partial charge on any atom is 0.255 e. The van der Waals surface area contributed by atoms with E-state index in [1.165, 1.54) is 30.5 Å². The third kappa shape index (κ3) is 3.57. The zero-order valence-electron chi connectivity index (χ0n) is 10.4. The van der Waals surface area contributed by atoms with Crippen molar-refractivity contribution in [3.8, 4) is 0 Å². The van der Waals surface area contributed by atoms with E-state index in [-0.39, 0.29) is 18.5 Å². The lowest BCUT2D eigenvalue weighted by atomic mass is 10.1. The Morgan fingerprint density at radius 3 is 2.50 bits per heavy atom. The number of nitrogens with one attached hydrogen (secondary N) is 1. The molecule has 0 unspecified atom stereocenters. The van der Waals surface area contributed by atoms with Crippen LogP contribution < -0.4 is 5.32 Å². The minimum absolute atomic E-state index is 0.135. The summed E-state index contributed by atoms with van der Waals surface area (Å²) in [6.45, 7) is 0.135. The molecule has 6 heteroatoms. The van der Waals surface area contributed by atoms with Crippen LogP contribution in [-0.2, 0) is 6.42 Å². The van der Waals surface area contributed by atoms with Crippen molar-refractivity contribution in [2.45, 2.75) is 6.42 Å². The first-order valence-electron chi connectivity index (χ1n) is 5.90. The van der Waals surface area contributed by atoms with Crippen LogP contribution in [0.5, 0.6) is 0 Å². The lowest BCUT2D eigenvalue weighted by Gasteiger charge is -2.06. The van der Waals surface area contributed by atoms with E-state index < -0.39 is 23.5 Å². The Bertz CT molecular complexity index is 611. The monoisotopic (exact) mass is 280 g/mol. The van der Waals surface area contributed by atoms with Crippen LogP contribution in [0.4, 0.5) is 13.2 Å². The van der Waals surface area contributed by atoms with Crippen LogP contribution in [0.2, 0.25) is 0 Å². The van der Waals surface area contributed by atoms with Crippen LogP contribution in [0.15, 0.2) is 36.5 Å². The van der Waals surface area contributed by atoms with E-state index in [2.05, 4.69) is 10.3 Å². The van der Waals surface area contributed by atoms with E-state index in [0.29, 0.717) is 5.56 Å². The zero-order valence-corrected chi connectivity index (χ0v) is 10.4. The third-order valence-electron chi connectivity index (χ3n) is 2.63. The molecule has 0 atom stereocenters. The van der Waals surface area contributed by atoms with Gasteiger partial charge in [0.2, 0.25) is 5.95 Å². The Labute approximate surface area is 113 Å². The van der Waals surface area contributed by atoms with E-state index in [0.717, 1.165) is 6.07 Å². The van der Waals surface area contributed by atoms with E-state index in [9.17, 15) is 18.0 Å². The predicted octanol–water partition coefficient (Wildman–Crippen LogP) is 2.47. The molecule has 0 saturated heterocycles. The van der Waals surface area contributed by atoms with Crippen LogP contribution in [0.25, 0.3) is 0 Å². The van der Waals surface area contributed by atoms with Crippen molar-refractivity contribution in [2.75, 3.05) is 6.54 Å². The zero-order chi connectivity index (χ0) is 14.5. The van der Waals surface area contributed by atoms with E-state index in [1.54, 1.807) is 0 Å². The summed E-state index contributed by atoms with van der Waals surface area (Å²) in [6.07, 6.45) is 1.48. The molecule has 104 valence electrons. The van der Waals surface area contributed by atoms with Gasteiger partial charge in [-0.2, -0.15) is 4.39 Å². The number of hydrogen-bond donors (Lipinski definition) is 1. The smallest absolute Gasteiger partial charge is 0.255 e. The minimum atomic E-state index is -0.859. The van der Waals surface area contributed by atoms with Gasteiger partial charge in [0.25, 0.3) is 5.91 Å². The molecule has 0 aliphatic heterocycles. The Morgan fingerprint density at radius 2 is 1.85 bits per heavy atom. The molecule has 0 spiro atoms. The van der Waals surface area contributed by atoms with Crippen molar-refractivity contribution in [1.29, 1.82) is 0 Å². The Balaban J connectivity index is 1.93. The van der Waals surface area contributed by atoms with Crippen LogP contribution in [0.3, 0.4) is 0 Å². The van der Waals surface area contributed by atoms with Gasteiger partial charge in [-0.15, -0.1) is 0 Å². The number of amides is 1. The van der Waals surface area contributed by atoms with Gasteiger partial charge in [-0.3, -0.25) is 4.79 Å². The first kappa shape index (κ1) is 14.0. The maximum atomic E-state index is 13.2. The van der Waals surface area contributed by atoms with Crippen molar-refractivity contribution in [1.82, 2.24) is 10.3 Å². The maximum absolute atomic E-state index is 13.2. The van der Waals surface area contributed by atoms with Crippen molar-refractivity contribution in [3.63, 3.8) is 0 Å². The Morgan fingerprint density at radius 1 is 1.15 bits per heavy atom. The molecule has 1 aromatic heterocycles. The molecule has 0 saturated carbocycles. The number of carbonyl (C=O) groups excluding carboxylic acids is 1. The molecule has 1 amide bonds. The SMILES string of the molecule is O=C(NCCc1cc(F)cc(F)c1)c1cccnc1F. The van der Waals surface area contributed by atoms with Gasteiger partial charge in [0.15, 0.2) is 0 Å². The number of benzene rings is 1. The fraction of sp³-hybridized carbons (Fsp3) is 0.143.